The van der Waals surface area contributed by atoms with Crippen LogP contribution in [0.15, 0.2) is 6.08 Å². The van der Waals surface area contributed by atoms with Gasteiger partial charge >= 0.3 is 0 Å². The minimum Gasteiger partial charge on any atom is -0.518 e. The zero-order valence-electron chi connectivity index (χ0n) is 2.42. The molecule has 0 amide bonds. The van der Waals surface area contributed by atoms with E-state index in [-0.39, 0.29) is 46.9 Å². The van der Waals surface area contributed by atoms with Crippen LogP contribution in [0.25, 0.3) is 0 Å². The molecule has 0 radical (unpaired) electrons. The molecule has 4 heavy (non-hydrogen) atoms. The second-order valence-electron chi connectivity index (χ2n) is 0.333. The summed E-state index contributed by atoms with van der Waals surface area (Å²) in [5.41, 5.74) is 0. The third kappa shape index (κ3) is 10.5. The average Bonchev–Trinajstić information content (AvgIpc) is 0.918. The van der Waals surface area contributed by atoms with Crippen LogP contribution in [0, 0.1) is 53.5 Å². The first-order valence-corrected chi connectivity index (χ1v) is 0.911. The van der Waals surface area contributed by atoms with Gasteiger partial charge in [-0.15, -0.1) is 0 Å². The summed E-state index contributed by atoms with van der Waals surface area (Å²) in [6.07, 6.45) is 1.50. The topological polar surface area (TPSA) is 0 Å². The molecule has 0 atom stereocenters. The van der Waals surface area contributed by atoms with Crippen LogP contribution < -0.4 is 0 Å². The normalized spacial score (nSPS) is 3.25. The molecule has 0 bridgehead atoms. The molecule has 0 rings (SSSR count). The summed E-state index contributed by atoms with van der Waals surface area (Å²) in [5, 5.41) is 0. The fourth-order valence-electron chi connectivity index (χ4n) is 0. The zero-order valence-corrected chi connectivity index (χ0v) is 4.14. The van der Waals surface area contributed by atoms with E-state index in [1.165, 1.54) is 6.08 Å². The summed E-state index contributed by atoms with van der Waals surface area (Å²) in [7, 11) is 0. The third-order valence-electron chi connectivity index (χ3n) is 0. The fourth-order valence-corrected chi connectivity index (χ4v) is 0. The van der Waals surface area contributed by atoms with Crippen LogP contribution in [0.1, 0.15) is 6.92 Å². The Morgan fingerprint density at radius 2 is 1.75 bits per heavy atom. The predicted octanol–water partition coefficient (Wildman–Crippen LogP) is 0.995. The van der Waals surface area contributed by atoms with Gasteiger partial charge in [0.15, 0.2) is 0 Å². The van der Waals surface area contributed by atoms with Crippen molar-refractivity contribution in [2.75, 3.05) is 0 Å². The van der Waals surface area contributed by atoms with Gasteiger partial charge in [0.25, 0.3) is 0 Å². The molecule has 0 aromatic rings. The molecule has 0 spiro atoms. The molecule has 0 aromatic heterocycles. The number of allylic oxidation sites excluding steroid dienone is 1. The molecule has 0 aliphatic carbocycles. The Morgan fingerprint density at radius 3 is 1.75 bits per heavy atom. The molecular weight excluding hydrogens is 209 g/mol. The molecule has 0 saturated carbocycles. The van der Waals surface area contributed by atoms with Crippen molar-refractivity contribution in [3.63, 3.8) is 0 Å². The minimum absolute atomic E-state index is 0. The van der Waals surface area contributed by atoms with Gasteiger partial charge in [-0.05, 0) is 0 Å². The van der Waals surface area contributed by atoms with Crippen LogP contribution in [0.4, 0.5) is 0 Å². The van der Waals surface area contributed by atoms with Crippen molar-refractivity contribution in [3.8, 4) is 0 Å². The molecule has 0 aliphatic rings. The standard InChI is InChI=1S/C3H5.Yb/c1-3-2;/h1,3H,2H3;/q-1;. The van der Waals surface area contributed by atoms with Crippen LogP contribution in [-0.2, 0) is 0 Å². The maximum absolute atomic E-state index is 4.72. The first kappa shape index (κ1) is 8.98. The van der Waals surface area contributed by atoms with Crippen molar-refractivity contribution in [2.24, 2.45) is 0 Å². The van der Waals surface area contributed by atoms with Crippen LogP contribution in [0.2, 0.25) is 0 Å². The van der Waals surface area contributed by atoms with Crippen LogP contribution in [0.5, 0.6) is 0 Å². The molecule has 1 heteroatoms. The van der Waals surface area contributed by atoms with Crippen LogP contribution in [0.3, 0.4) is 0 Å². The Balaban J connectivity index is 0. The molecule has 0 aromatic carbocycles. The van der Waals surface area contributed by atoms with E-state index >= 15 is 0 Å². The summed E-state index contributed by atoms with van der Waals surface area (Å²) in [4.78, 5) is 0. The minimum atomic E-state index is 0. The van der Waals surface area contributed by atoms with Crippen molar-refractivity contribution < 1.29 is 46.9 Å². The molecular formula is C3H5Yb-. The molecule has 0 N–H and O–H groups in total. The van der Waals surface area contributed by atoms with Crippen molar-refractivity contribution in [1.82, 2.24) is 0 Å². The van der Waals surface area contributed by atoms with Crippen molar-refractivity contribution >= 4 is 0 Å². The molecule has 0 aliphatic heterocycles. The predicted molar refractivity (Wildman–Crippen MR) is 14.5 cm³/mol. The van der Waals surface area contributed by atoms with Gasteiger partial charge in [0.05, 0.1) is 0 Å². The van der Waals surface area contributed by atoms with Gasteiger partial charge in [-0.1, -0.05) is 6.92 Å². The third-order valence-corrected chi connectivity index (χ3v) is 0. The van der Waals surface area contributed by atoms with E-state index in [4.69, 9.17) is 6.58 Å². The SMILES string of the molecule is [CH-]=CC.[Yb]. The van der Waals surface area contributed by atoms with E-state index in [9.17, 15) is 0 Å². The largest absolute Gasteiger partial charge is 0.518 e. The Bertz CT molecular complexity index is 10.8. The summed E-state index contributed by atoms with van der Waals surface area (Å²) < 4.78 is 0. The number of hydrogen-bond donors (Lipinski definition) is 0. The Morgan fingerprint density at radius 1 is 1.75 bits per heavy atom. The van der Waals surface area contributed by atoms with E-state index in [2.05, 4.69) is 0 Å². The van der Waals surface area contributed by atoms with Gasteiger partial charge in [0.2, 0.25) is 0 Å². The summed E-state index contributed by atoms with van der Waals surface area (Å²) in [6.45, 7) is 6.50. The summed E-state index contributed by atoms with van der Waals surface area (Å²) >= 11 is 0. The maximum Gasteiger partial charge on any atom is 0 e. The van der Waals surface area contributed by atoms with Gasteiger partial charge in [0.1, 0.15) is 0 Å². The van der Waals surface area contributed by atoms with Gasteiger partial charge in [0, 0.05) is 46.9 Å². The number of rotatable bonds is 0. The monoisotopic (exact) mass is 215 g/mol. The van der Waals surface area contributed by atoms with Gasteiger partial charge in [-0.3, -0.25) is 6.08 Å². The van der Waals surface area contributed by atoms with E-state index < -0.39 is 0 Å². The van der Waals surface area contributed by atoms with Gasteiger partial charge in [-0.25, -0.2) is 0 Å². The summed E-state index contributed by atoms with van der Waals surface area (Å²) in [5.74, 6) is 0. The molecule has 0 unspecified atom stereocenters. The number of hydrogen-bond acceptors (Lipinski definition) is 0. The quantitative estimate of drug-likeness (QED) is 0.527. The van der Waals surface area contributed by atoms with E-state index in [0.29, 0.717) is 0 Å². The molecule has 32 valence electrons. The maximum atomic E-state index is 4.72. The molecule has 0 fully saturated rings. The summed E-state index contributed by atoms with van der Waals surface area (Å²) in [6, 6.07) is 0. The first-order chi connectivity index (χ1) is 1.41. The average molecular weight is 214 g/mol. The first-order valence-electron chi connectivity index (χ1n) is 0.911. The second-order valence-corrected chi connectivity index (χ2v) is 0.333. The van der Waals surface area contributed by atoms with Crippen LogP contribution >= 0.6 is 0 Å². The molecule has 0 nitrogen and oxygen atoms in total. The van der Waals surface area contributed by atoms with Gasteiger partial charge in [-0.2, -0.15) is 0 Å². The van der Waals surface area contributed by atoms with Crippen molar-refractivity contribution in [1.29, 1.82) is 0 Å². The van der Waals surface area contributed by atoms with Crippen molar-refractivity contribution in [2.45, 2.75) is 6.92 Å². The fraction of sp³-hybridized carbons (Fsp3) is 0.333. The van der Waals surface area contributed by atoms with E-state index in [1.807, 2.05) is 0 Å². The zero-order chi connectivity index (χ0) is 2.71. The Hall–Kier alpha value is 1.26. The van der Waals surface area contributed by atoms with E-state index in [0.717, 1.165) is 0 Å². The molecule has 0 heterocycles. The molecule has 0 saturated heterocycles. The Kier molecular flexibility index (Phi) is 19.9. The Labute approximate surface area is 65.5 Å². The van der Waals surface area contributed by atoms with E-state index in [1.54, 1.807) is 6.92 Å². The van der Waals surface area contributed by atoms with Gasteiger partial charge < -0.3 is 6.58 Å². The second kappa shape index (κ2) is 8.86. The van der Waals surface area contributed by atoms with Crippen LogP contribution in [-0.4, -0.2) is 0 Å². The smallest absolute Gasteiger partial charge is 0 e. The van der Waals surface area contributed by atoms with Crippen molar-refractivity contribution in [3.05, 3.63) is 12.7 Å².